The smallest absolute Gasteiger partial charge is 0.244 e. The molecule has 0 N–H and O–H groups in total. The van der Waals surface area contributed by atoms with E-state index < -0.39 is 0 Å². The molecule has 0 aliphatic rings. The van der Waals surface area contributed by atoms with Gasteiger partial charge in [0, 0.05) is 60.9 Å². The lowest BCUT2D eigenvalue weighted by Gasteiger charge is -2.28. The number of benzene rings is 4. The molecule has 4 aromatic carbocycles. The Bertz CT molecular complexity index is 2180. The van der Waals surface area contributed by atoms with Crippen molar-refractivity contribution in [1.29, 1.82) is 0 Å². The fourth-order valence-corrected chi connectivity index (χ4v) is 6.60. The van der Waals surface area contributed by atoms with Crippen LogP contribution in [0.15, 0.2) is 97.1 Å². The summed E-state index contributed by atoms with van der Waals surface area (Å²) in [4.78, 5) is 58.6. The molecule has 6 aromatic rings. The fraction of sp³-hybridized carbons (Fsp3) is 0.318. The zero-order valence-corrected chi connectivity index (χ0v) is 32.8. The monoisotopic (exact) mass is 756 g/mol. The summed E-state index contributed by atoms with van der Waals surface area (Å²) in [6.45, 7) is 8.00. The largest absolute Gasteiger partial charge is 0.497 e. The average molecular weight is 757 g/mol. The molecule has 0 unspecified atom stereocenters. The lowest BCUT2D eigenvalue weighted by Crippen LogP contribution is -2.42. The molecule has 2 heterocycles. The molecule has 0 atom stereocenters. The topological polar surface area (TPSA) is 129 Å². The number of fused-ring (bicyclic) bond motifs is 2. The van der Waals surface area contributed by atoms with E-state index >= 15 is 0 Å². The van der Waals surface area contributed by atoms with Crippen LogP contribution in [0.1, 0.15) is 59.8 Å². The van der Waals surface area contributed by atoms with Crippen LogP contribution < -0.4 is 9.47 Å². The highest BCUT2D eigenvalue weighted by Gasteiger charge is 2.26. The van der Waals surface area contributed by atoms with Gasteiger partial charge >= 0.3 is 0 Å². The summed E-state index contributed by atoms with van der Waals surface area (Å²) in [6.07, 6.45) is 0. The normalized spacial score (nSPS) is 11.4. The van der Waals surface area contributed by atoms with Crippen molar-refractivity contribution in [2.45, 2.75) is 53.9 Å². The Hall–Kier alpha value is -6.30. The number of rotatable bonds is 17. The Morgan fingerprint density at radius 2 is 0.946 bits per heavy atom. The number of methoxy groups -OCH3 is 2. The summed E-state index contributed by atoms with van der Waals surface area (Å²) in [5.41, 5.74) is 3.68. The molecule has 0 radical (unpaired) electrons. The lowest BCUT2D eigenvalue weighted by molar-refractivity contribution is -0.136. The van der Waals surface area contributed by atoms with E-state index in [9.17, 15) is 19.2 Å². The minimum atomic E-state index is -0.286. The number of carbonyl (C=O) groups excluding carboxylic acids is 4. The van der Waals surface area contributed by atoms with E-state index in [1.54, 1.807) is 69.8 Å². The molecule has 0 saturated carbocycles. The van der Waals surface area contributed by atoms with Gasteiger partial charge in [0.1, 0.15) is 36.0 Å². The first-order chi connectivity index (χ1) is 27.0. The molecule has 12 heteroatoms. The van der Waals surface area contributed by atoms with Crippen molar-refractivity contribution in [2.24, 2.45) is 11.8 Å². The van der Waals surface area contributed by atoms with Crippen molar-refractivity contribution >= 4 is 45.2 Å². The molecule has 6 rings (SSSR count). The van der Waals surface area contributed by atoms with Crippen molar-refractivity contribution in [3.05, 3.63) is 120 Å². The third-order valence-corrected chi connectivity index (χ3v) is 9.78. The molecule has 0 bridgehead atoms. The number of ether oxygens (including phenoxy) is 2. The maximum atomic E-state index is 14.4. The molecule has 290 valence electrons. The van der Waals surface area contributed by atoms with E-state index in [0.29, 0.717) is 44.7 Å². The van der Waals surface area contributed by atoms with Crippen molar-refractivity contribution in [3.63, 3.8) is 0 Å². The summed E-state index contributed by atoms with van der Waals surface area (Å²) in [7, 11) is 3.13. The highest BCUT2D eigenvalue weighted by molar-refractivity contribution is 6.08. The predicted octanol–water partition coefficient (Wildman–Crippen LogP) is 6.84. The minimum Gasteiger partial charge on any atom is -0.497 e. The molecular formula is C44H48N6O6. The molecule has 0 aliphatic heterocycles. The Labute approximate surface area is 326 Å². The lowest BCUT2D eigenvalue weighted by atomic mass is 10.0. The summed E-state index contributed by atoms with van der Waals surface area (Å²) in [6, 6.07) is 30.0. The molecule has 2 aromatic heterocycles. The predicted molar refractivity (Wildman–Crippen MR) is 215 cm³/mol. The number of amides is 2. The van der Waals surface area contributed by atoms with Crippen molar-refractivity contribution in [1.82, 2.24) is 29.4 Å². The third-order valence-electron chi connectivity index (χ3n) is 9.78. The molecular weight excluding hydrogens is 709 g/mol. The van der Waals surface area contributed by atoms with E-state index in [1.807, 2.05) is 88.4 Å². The van der Waals surface area contributed by atoms with Crippen molar-refractivity contribution in [2.75, 3.05) is 27.3 Å². The fourth-order valence-electron chi connectivity index (χ4n) is 6.60. The SMILES string of the molecule is COc1ccc2c(C(=O)C(C)C)nn(CC(=O)N(CCN(Cc3ccccc3)C(=O)Cn3nc(C(=O)C(C)C)c4ccc(OC)cc43)Cc3ccccc3)c2c1. The Morgan fingerprint density at radius 1 is 0.571 bits per heavy atom. The zero-order chi connectivity index (χ0) is 39.9. The van der Waals surface area contributed by atoms with Gasteiger partial charge in [0.2, 0.25) is 11.8 Å². The van der Waals surface area contributed by atoms with Gasteiger partial charge in [-0.1, -0.05) is 88.4 Å². The van der Waals surface area contributed by atoms with Crippen LogP contribution in [0, 0.1) is 11.8 Å². The number of ketones is 2. The summed E-state index contributed by atoms with van der Waals surface area (Å²) in [5.74, 6) is -0.127. The van der Waals surface area contributed by atoms with Gasteiger partial charge in [-0.2, -0.15) is 10.2 Å². The Balaban J connectivity index is 1.32. The molecule has 56 heavy (non-hydrogen) atoms. The van der Waals surface area contributed by atoms with Crippen LogP contribution in [-0.4, -0.2) is 80.1 Å². The zero-order valence-electron chi connectivity index (χ0n) is 32.8. The minimum absolute atomic E-state index is 0.119. The van der Waals surface area contributed by atoms with Gasteiger partial charge in [-0.25, -0.2) is 0 Å². The molecule has 0 aliphatic carbocycles. The number of hydrogen-bond acceptors (Lipinski definition) is 8. The van der Waals surface area contributed by atoms with Gasteiger partial charge in [-0.15, -0.1) is 0 Å². The quantitative estimate of drug-likeness (QED) is 0.0926. The standard InChI is InChI=1S/C44H48N6O6/c1-29(2)43(53)41-35-19-17-33(55-5)23-37(35)49(45-41)27-39(51)47(25-31-13-9-7-10-14-31)21-22-48(26-32-15-11-8-12-16-32)40(52)28-50-38-24-34(56-6)18-20-36(38)42(46-50)44(54)30(3)4/h7-20,23-24,29-30H,21-22,25-28H2,1-6H3. The number of nitrogens with zero attached hydrogens (tertiary/aromatic N) is 6. The second-order valence-corrected chi connectivity index (χ2v) is 14.4. The number of Topliss-reactive ketones (excluding diaryl/α,β-unsaturated/α-hetero) is 2. The Kier molecular flexibility index (Phi) is 12.3. The van der Waals surface area contributed by atoms with E-state index in [-0.39, 0.29) is 74.5 Å². The van der Waals surface area contributed by atoms with Gasteiger partial charge in [0.05, 0.1) is 25.3 Å². The van der Waals surface area contributed by atoms with Gasteiger partial charge in [-0.05, 0) is 35.4 Å². The van der Waals surface area contributed by atoms with Crippen LogP contribution in [0.3, 0.4) is 0 Å². The van der Waals surface area contributed by atoms with Crippen LogP contribution in [0.4, 0.5) is 0 Å². The van der Waals surface area contributed by atoms with Gasteiger partial charge < -0.3 is 19.3 Å². The summed E-state index contributed by atoms with van der Waals surface area (Å²) in [5, 5.41) is 10.6. The van der Waals surface area contributed by atoms with Crippen LogP contribution in [0.5, 0.6) is 11.5 Å². The first-order valence-corrected chi connectivity index (χ1v) is 18.8. The molecule has 12 nitrogen and oxygen atoms in total. The average Bonchev–Trinajstić information content (AvgIpc) is 3.75. The number of aromatic nitrogens is 4. The number of hydrogen-bond donors (Lipinski definition) is 0. The first-order valence-electron chi connectivity index (χ1n) is 18.8. The van der Waals surface area contributed by atoms with E-state index in [1.165, 1.54) is 0 Å². The number of carbonyl (C=O) groups is 4. The highest BCUT2D eigenvalue weighted by atomic mass is 16.5. The van der Waals surface area contributed by atoms with Crippen LogP contribution >= 0.6 is 0 Å². The maximum absolute atomic E-state index is 14.4. The van der Waals surface area contributed by atoms with E-state index in [4.69, 9.17) is 9.47 Å². The van der Waals surface area contributed by atoms with E-state index in [0.717, 1.165) is 11.1 Å². The van der Waals surface area contributed by atoms with Crippen LogP contribution in [-0.2, 0) is 35.8 Å². The first kappa shape index (κ1) is 39.4. The molecule has 2 amide bonds. The Morgan fingerprint density at radius 3 is 1.29 bits per heavy atom. The van der Waals surface area contributed by atoms with E-state index in [2.05, 4.69) is 10.2 Å². The molecule has 0 fully saturated rings. The second kappa shape index (κ2) is 17.4. The third kappa shape index (κ3) is 8.80. The molecule has 0 saturated heterocycles. The highest BCUT2D eigenvalue weighted by Crippen LogP contribution is 2.27. The van der Waals surface area contributed by atoms with Crippen molar-refractivity contribution in [3.8, 4) is 11.5 Å². The summed E-state index contributed by atoms with van der Waals surface area (Å²) < 4.78 is 14.1. The van der Waals surface area contributed by atoms with Crippen molar-refractivity contribution < 1.29 is 28.7 Å². The van der Waals surface area contributed by atoms with Gasteiger partial charge in [0.15, 0.2) is 11.6 Å². The van der Waals surface area contributed by atoms with Gasteiger partial charge in [0.25, 0.3) is 0 Å². The summed E-state index contributed by atoms with van der Waals surface area (Å²) >= 11 is 0. The molecule has 0 spiro atoms. The van der Waals surface area contributed by atoms with Crippen LogP contribution in [0.25, 0.3) is 21.8 Å². The second-order valence-electron chi connectivity index (χ2n) is 14.4. The maximum Gasteiger partial charge on any atom is 0.244 e. The van der Waals surface area contributed by atoms with Crippen LogP contribution in [0.2, 0.25) is 0 Å². The van der Waals surface area contributed by atoms with Gasteiger partial charge in [-0.3, -0.25) is 28.5 Å².